The van der Waals surface area contributed by atoms with Crippen LogP contribution in [0, 0.1) is 11.3 Å². The lowest BCUT2D eigenvalue weighted by molar-refractivity contribution is 1.10. The molecule has 96 valence electrons. The molecule has 0 aliphatic rings. The van der Waals surface area contributed by atoms with E-state index < -0.39 is 0 Å². The molecule has 2 aromatic carbocycles. The summed E-state index contributed by atoms with van der Waals surface area (Å²) in [5.41, 5.74) is 1.54. The van der Waals surface area contributed by atoms with Crippen LogP contribution in [0.5, 0.6) is 0 Å². The molecule has 5 heteroatoms. The van der Waals surface area contributed by atoms with E-state index in [2.05, 4.69) is 32.0 Å². The summed E-state index contributed by atoms with van der Waals surface area (Å²) in [7, 11) is 0. The van der Waals surface area contributed by atoms with E-state index in [0.29, 0.717) is 5.56 Å². The number of nitriles is 1. The van der Waals surface area contributed by atoms with Gasteiger partial charge in [-0.2, -0.15) is 5.26 Å². The van der Waals surface area contributed by atoms with Crippen LogP contribution in [0.2, 0.25) is 0 Å². The van der Waals surface area contributed by atoms with Crippen molar-refractivity contribution in [3.63, 3.8) is 0 Å². The molecule has 0 atom stereocenters. The molecule has 0 bridgehead atoms. The van der Waals surface area contributed by atoms with Crippen molar-refractivity contribution in [1.29, 1.82) is 5.26 Å². The number of benzene rings is 2. The molecule has 0 unspecified atom stereocenters. The summed E-state index contributed by atoms with van der Waals surface area (Å²) in [6.07, 6.45) is 1.55. The second-order valence-electron chi connectivity index (χ2n) is 4.05. The molecule has 0 spiro atoms. The second-order valence-corrected chi connectivity index (χ2v) is 6.00. The average Bonchev–Trinajstić information content (AvgIpc) is 2.48. The molecule has 0 aliphatic carbocycles. The predicted molar refractivity (Wildman–Crippen MR) is 82.5 cm³/mol. The van der Waals surface area contributed by atoms with Crippen molar-refractivity contribution in [1.82, 2.24) is 9.97 Å². The number of hydrogen-bond acceptors (Lipinski definition) is 4. The molecule has 3 nitrogen and oxygen atoms in total. The molecule has 1 aromatic heterocycles. The van der Waals surface area contributed by atoms with Crippen LogP contribution in [0.4, 0.5) is 0 Å². The third-order valence-electron chi connectivity index (χ3n) is 2.78. The van der Waals surface area contributed by atoms with Crippen LogP contribution < -0.4 is 0 Å². The standard InChI is InChI=1S/C15H8BrN3S/c16-11-6-5-10(8-17)14(7-11)20-15-12-3-1-2-4-13(12)18-9-19-15/h1-7,9H. The smallest absolute Gasteiger partial charge is 0.117 e. The zero-order valence-electron chi connectivity index (χ0n) is 10.2. The van der Waals surface area contributed by atoms with Crippen LogP contribution in [-0.2, 0) is 0 Å². The molecule has 3 rings (SSSR count). The number of nitrogens with zero attached hydrogens (tertiary/aromatic N) is 3. The third kappa shape index (κ3) is 2.53. The SMILES string of the molecule is N#Cc1ccc(Br)cc1Sc1ncnc2ccccc12. The molecule has 0 saturated carbocycles. The van der Waals surface area contributed by atoms with Crippen molar-refractivity contribution < 1.29 is 0 Å². The minimum Gasteiger partial charge on any atom is -0.236 e. The Labute approximate surface area is 128 Å². The van der Waals surface area contributed by atoms with E-state index in [0.717, 1.165) is 25.3 Å². The molecular formula is C15H8BrN3S. The lowest BCUT2D eigenvalue weighted by Crippen LogP contribution is -1.88. The minimum absolute atomic E-state index is 0.640. The Morgan fingerprint density at radius 1 is 1.10 bits per heavy atom. The number of fused-ring (bicyclic) bond motifs is 1. The maximum absolute atomic E-state index is 9.19. The number of halogens is 1. The molecule has 20 heavy (non-hydrogen) atoms. The van der Waals surface area contributed by atoms with Crippen molar-refractivity contribution in [3.8, 4) is 6.07 Å². The molecule has 0 N–H and O–H groups in total. The van der Waals surface area contributed by atoms with Gasteiger partial charge >= 0.3 is 0 Å². The van der Waals surface area contributed by atoms with Gasteiger partial charge in [-0.1, -0.05) is 45.9 Å². The van der Waals surface area contributed by atoms with E-state index in [1.165, 1.54) is 11.8 Å². The van der Waals surface area contributed by atoms with E-state index in [4.69, 9.17) is 0 Å². The molecule has 0 amide bonds. The molecule has 0 aliphatic heterocycles. The highest BCUT2D eigenvalue weighted by Crippen LogP contribution is 2.34. The Morgan fingerprint density at radius 2 is 1.95 bits per heavy atom. The molecule has 0 radical (unpaired) electrons. The van der Waals surface area contributed by atoms with E-state index >= 15 is 0 Å². The lowest BCUT2D eigenvalue weighted by Gasteiger charge is -2.06. The Kier molecular flexibility index (Phi) is 3.68. The van der Waals surface area contributed by atoms with Crippen LogP contribution in [0.1, 0.15) is 5.56 Å². The number of aromatic nitrogens is 2. The summed E-state index contributed by atoms with van der Waals surface area (Å²) < 4.78 is 0.942. The Bertz CT molecular complexity index is 821. The van der Waals surface area contributed by atoms with Crippen molar-refractivity contribution in [2.24, 2.45) is 0 Å². The first-order chi connectivity index (χ1) is 9.78. The van der Waals surface area contributed by atoms with Crippen LogP contribution in [0.25, 0.3) is 10.9 Å². The van der Waals surface area contributed by atoms with Gasteiger partial charge in [0.05, 0.1) is 11.1 Å². The molecular weight excluding hydrogens is 334 g/mol. The Morgan fingerprint density at radius 3 is 2.80 bits per heavy atom. The van der Waals surface area contributed by atoms with Gasteiger partial charge in [-0.25, -0.2) is 9.97 Å². The first kappa shape index (κ1) is 13.1. The van der Waals surface area contributed by atoms with Crippen LogP contribution in [-0.4, -0.2) is 9.97 Å². The quantitative estimate of drug-likeness (QED) is 0.647. The maximum Gasteiger partial charge on any atom is 0.117 e. The summed E-state index contributed by atoms with van der Waals surface area (Å²) in [5.74, 6) is 0. The summed E-state index contributed by atoms with van der Waals surface area (Å²) in [6, 6.07) is 15.6. The fraction of sp³-hybridized carbons (Fsp3) is 0. The van der Waals surface area contributed by atoms with Gasteiger partial charge in [0.15, 0.2) is 0 Å². The highest BCUT2D eigenvalue weighted by molar-refractivity contribution is 9.10. The Balaban J connectivity index is 2.10. The van der Waals surface area contributed by atoms with Gasteiger partial charge in [0.2, 0.25) is 0 Å². The maximum atomic E-state index is 9.19. The fourth-order valence-electron chi connectivity index (χ4n) is 1.84. The second kappa shape index (κ2) is 5.61. The predicted octanol–water partition coefficient (Wildman–Crippen LogP) is 4.42. The highest BCUT2D eigenvalue weighted by atomic mass is 79.9. The summed E-state index contributed by atoms with van der Waals surface area (Å²) in [5, 5.41) is 11.0. The summed E-state index contributed by atoms with van der Waals surface area (Å²) in [6.45, 7) is 0. The molecule has 0 saturated heterocycles. The molecule has 1 heterocycles. The average molecular weight is 342 g/mol. The monoisotopic (exact) mass is 341 g/mol. The van der Waals surface area contributed by atoms with Gasteiger partial charge in [0.1, 0.15) is 17.4 Å². The molecule has 0 fully saturated rings. The van der Waals surface area contributed by atoms with Gasteiger partial charge in [0, 0.05) is 14.8 Å². The lowest BCUT2D eigenvalue weighted by atomic mass is 10.2. The van der Waals surface area contributed by atoms with Gasteiger partial charge in [0.25, 0.3) is 0 Å². The Hall–Kier alpha value is -1.90. The topological polar surface area (TPSA) is 49.6 Å². The first-order valence-electron chi connectivity index (χ1n) is 5.85. The number of rotatable bonds is 2. The van der Waals surface area contributed by atoms with E-state index in [-0.39, 0.29) is 0 Å². The number of hydrogen-bond donors (Lipinski definition) is 0. The minimum atomic E-state index is 0.640. The van der Waals surface area contributed by atoms with E-state index in [1.54, 1.807) is 12.4 Å². The van der Waals surface area contributed by atoms with Crippen molar-refractivity contribution in [2.45, 2.75) is 9.92 Å². The number of para-hydroxylation sites is 1. The van der Waals surface area contributed by atoms with Crippen LogP contribution >= 0.6 is 27.7 Å². The third-order valence-corrected chi connectivity index (χ3v) is 4.35. The van der Waals surface area contributed by atoms with E-state index in [1.807, 2.05) is 36.4 Å². The van der Waals surface area contributed by atoms with Crippen LogP contribution in [0.15, 0.2) is 63.2 Å². The van der Waals surface area contributed by atoms with Crippen LogP contribution in [0.3, 0.4) is 0 Å². The fourth-order valence-corrected chi connectivity index (χ4v) is 3.35. The highest BCUT2D eigenvalue weighted by Gasteiger charge is 2.09. The zero-order chi connectivity index (χ0) is 13.9. The molecule has 3 aromatic rings. The van der Waals surface area contributed by atoms with Gasteiger partial charge in [-0.05, 0) is 24.3 Å². The van der Waals surface area contributed by atoms with Gasteiger partial charge in [-0.15, -0.1) is 0 Å². The normalized spacial score (nSPS) is 10.4. The van der Waals surface area contributed by atoms with Crippen molar-refractivity contribution in [3.05, 3.63) is 58.8 Å². The van der Waals surface area contributed by atoms with Crippen molar-refractivity contribution >= 4 is 38.6 Å². The first-order valence-corrected chi connectivity index (χ1v) is 7.46. The largest absolute Gasteiger partial charge is 0.236 e. The van der Waals surface area contributed by atoms with Crippen molar-refractivity contribution in [2.75, 3.05) is 0 Å². The van der Waals surface area contributed by atoms with Gasteiger partial charge in [-0.3, -0.25) is 0 Å². The summed E-state index contributed by atoms with van der Waals surface area (Å²) >= 11 is 4.91. The van der Waals surface area contributed by atoms with Gasteiger partial charge < -0.3 is 0 Å². The van der Waals surface area contributed by atoms with E-state index in [9.17, 15) is 5.26 Å². The zero-order valence-corrected chi connectivity index (χ0v) is 12.6. The summed E-state index contributed by atoms with van der Waals surface area (Å²) in [4.78, 5) is 9.46.